The Balaban J connectivity index is 2.83. The van der Waals surface area contributed by atoms with Crippen molar-refractivity contribution in [3.05, 3.63) is 23.8 Å². The molecule has 1 aromatic rings. The van der Waals surface area contributed by atoms with Gasteiger partial charge in [0.15, 0.2) is 0 Å². The van der Waals surface area contributed by atoms with Gasteiger partial charge < -0.3 is 10.6 Å². The molecule has 1 rings (SSSR count). The molecule has 1 aromatic carbocycles. The minimum atomic E-state index is -0.122. The van der Waals surface area contributed by atoms with E-state index in [1.807, 2.05) is 39.0 Å². The van der Waals surface area contributed by atoms with Crippen LogP contribution in [0, 0.1) is 12.8 Å². The first-order valence-electron chi connectivity index (χ1n) is 6.07. The van der Waals surface area contributed by atoms with Crippen molar-refractivity contribution < 1.29 is 9.59 Å². The Bertz CT molecular complexity index is 453. The van der Waals surface area contributed by atoms with Crippen LogP contribution in [0.1, 0.15) is 32.8 Å². The molecule has 4 heteroatoms. The molecule has 0 spiro atoms. The number of amides is 2. The van der Waals surface area contributed by atoms with Crippen LogP contribution < -0.4 is 10.6 Å². The second-order valence-corrected chi connectivity index (χ2v) is 4.81. The van der Waals surface area contributed by atoms with Gasteiger partial charge in [-0.25, -0.2) is 0 Å². The van der Waals surface area contributed by atoms with Gasteiger partial charge in [0.1, 0.15) is 0 Å². The van der Waals surface area contributed by atoms with Crippen molar-refractivity contribution >= 4 is 23.2 Å². The molecule has 0 atom stereocenters. The number of carbonyl (C=O) groups is 2. The highest BCUT2D eigenvalue weighted by atomic mass is 16.2. The summed E-state index contributed by atoms with van der Waals surface area (Å²) in [6.07, 6.45) is 0.490. The van der Waals surface area contributed by atoms with Crippen LogP contribution in [0.2, 0.25) is 0 Å². The molecule has 0 bridgehead atoms. The predicted octanol–water partition coefficient (Wildman–Crippen LogP) is 2.94. The van der Waals surface area contributed by atoms with Gasteiger partial charge in [0, 0.05) is 24.7 Å². The third-order valence-corrected chi connectivity index (χ3v) is 2.51. The quantitative estimate of drug-likeness (QED) is 0.860. The van der Waals surface area contributed by atoms with E-state index in [9.17, 15) is 9.59 Å². The van der Waals surface area contributed by atoms with E-state index in [2.05, 4.69) is 10.6 Å². The minimum Gasteiger partial charge on any atom is -0.326 e. The standard InChI is InChI=1S/C14H20N2O2/c1-9(2)8-14(18)16-13-7-5-6-12(10(13)3)15-11(4)17/h5-7,9H,8H2,1-4H3,(H,15,17)(H,16,18). The summed E-state index contributed by atoms with van der Waals surface area (Å²) in [7, 11) is 0. The molecule has 0 aliphatic heterocycles. The first kappa shape index (κ1) is 14.2. The van der Waals surface area contributed by atoms with E-state index in [0.717, 1.165) is 16.9 Å². The molecule has 2 amide bonds. The molecule has 0 fully saturated rings. The molecule has 0 radical (unpaired) electrons. The summed E-state index contributed by atoms with van der Waals surface area (Å²) in [6, 6.07) is 5.46. The molecule has 2 N–H and O–H groups in total. The van der Waals surface area contributed by atoms with Gasteiger partial charge >= 0.3 is 0 Å². The van der Waals surface area contributed by atoms with Crippen molar-refractivity contribution in [2.75, 3.05) is 10.6 Å². The zero-order chi connectivity index (χ0) is 13.7. The molecular formula is C14H20N2O2. The lowest BCUT2D eigenvalue weighted by molar-refractivity contribution is -0.117. The molecule has 0 saturated carbocycles. The first-order valence-corrected chi connectivity index (χ1v) is 6.07. The average Bonchev–Trinajstić information content (AvgIpc) is 2.22. The highest BCUT2D eigenvalue weighted by Gasteiger charge is 2.09. The van der Waals surface area contributed by atoms with Gasteiger partial charge in [-0.2, -0.15) is 0 Å². The summed E-state index contributed by atoms with van der Waals surface area (Å²) in [6.45, 7) is 7.33. The fraction of sp³-hybridized carbons (Fsp3) is 0.429. The second-order valence-electron chi connectivity index (χ2n) is 4.81. The minimum absolute atomic E-state index is 0.00641. The van der Waals surface area contributed by atoms with Crippen LogP contribution in [-0.2, 0) is 9.59 Å². The van der Waals surface area contributed by atoms with Crippen LogP contribution in [-0.4, -0.2) is 11.8 Å². The number of hydrogen-bond donors (Lipinski definition) is 2. The number of anilines is 2. The van der Waals surface area contributed by atoms with Gasteiger partial charge in [0.25, 0.3) is 0 Å². The monoisotopic (exact) mass is 248 g/mol. The summed E-state index contributed by atoms with van der Waals surface area (Å²) in [4.78, 5) is 22.8. The van der Waals surface area contributed by atoms with E-state index < -0.39 is 0 Å². The smallest absolute Gasteiger partial charge is 0.224 e. The Kier molecular flexibility index (Phi) is 4.89. The molecule has 98 valence electrons. The fourth-order valence-electron chi connectivity index (χ4n) is 1.67. The van der Waals surface area contributed by atoms with Gasteiger partial charge in [-0.1, -0.05) is 19.9 Å². The van der Waals surface area contributed by atoms with Crippen molar-refractivity contribution in [3.8, 4) is 0 Å². The SMILES string of the molecule is CC(=O)Nc1cccc(NC(=O)CC(C)C)c1C. The van der Waals surface area contributed by atoms with Gasteiger partial charge in [-0.15, -0.1) is 0 Å². The molecule has 0 aromatic heterocycles. The van der Waals surface area contributed by atoms with Crippen molar-refractivity contribution in [1.29, 1.82) is 0 Å². The zero-order valence-corrected chi connectivity index (χ0v) is 11.3. The highest BCUT2D eigenvalue weighted by Crippen LogP contribution is 2.23. The Hall–Kier alpha value is -1.84. The third kappa shape index (κ3) is 4.20. The normalized spacial score (nSPS) is 10.3. The molecule has 0 aliphatic rings. The Morgan fingerprint density at radius 3 is 2.22 bits per heavy atom. The van der Waals surface area contributed by atoms with Crippen LogP contribution >= 0.6 is 0 Å². The van der Waals surface area contributed by atoms with Crippen LogP contribution in [0.5, 0.6) is 0 Å². The van der Waals surface area contributed by atoms with Crippen molar-refractivity contribution in [2.45, 2.75) is 34.1 Å². The van der Waals surface area contributed by atoms with E-state index >= 15 is 0 Å². The van der Waals surface area contributed by atoms with Gasteiger partial charge in [-0.05, 0) is 30.5 Å². The number of hydrogen-bond acceptors (Lipinski definition) is 2. The lowest BCUT2D eigenvalue weighted by Gasteiger charge is -2.13. The topological polar surface area (TPSA) is 58.2 Å². The van der Waals surface area contributed by atoms with Crippen LogP contribution in [0.3, 0.4) is 0 Å². The summed E-state index contributed by atoms with van der Waals surface area (Å²) in [5.41, 5.74) is 2.33. The lowest BCUT2D eigenvalue weighted by Crippen LogP contribution is -2.15. The van der Waals surface area contributed by atoms with Gasteiger partial charge in [-0.3, -0.25) is 9.59 Å². The summed E-state index contributed by atoms with van der Waals surface area (Å²) in [5, 5.41) is 5.60. The summed E-state index contributed by atoms with van der Waals surface area (Å²) in [5.74, 6) is 0.195. The first-order chi connectivity index (χ1) is 8.40. The van der Waals surface area contributed by atoms with E-state index in [1.165, 1.54) is 6.92 Å². The summed E-state index contributed by atoms with van der Waals surface area (Å²) < 4.78 is 0. The van der Waals surface area contributed by atoms with Crippen LogP contribution in [0.4, 0.5) is 11.4 Å². The molecule has 0 unspecified atom stereocenters. The predicted molar refractivity (Wildman–Crippen MR) is 73.6 cm³/mol. The van der Waals surface area contributed by atoms with E-state index in [4.69, 9.17) is 0 Å². The fourth-order valence-corrected chi connectivity index (χ4v) is 1.67. The van der Waals surface area contributed by atoms with Crippen molar-refractivity contribution in [3.63, 3.8) is 0 Å². The van der Waals surface area contributed by atoms with E-state index in [1.54, 1.807) is 0 Å². The van der Waals surface area contributed by atoms with E-state index in [0.29, 0.717) is 12.3 Å². The van der Waals surface area contributed by atoms with Crippen molar-refractivity contribution in [2.24, 2.45) is 5.92 Å². The molecule has 4 nitrogen and oxygen atoms in total. The largest absolute Gasteiger partial charge is 0.326 e. The van der Waals surface area contributed by atoms with Gasteiger partial charge in [0.05, 0.1) is 0 Å². The van der Waals surface area contributed by atoms with Crippen LogP contribution in [0.15, 0.2) is 18.2 Å². The van der Waals surface area contributed by atoms with Crippen LogP contribution in [0.25, 0.3) is 0 Å². The number of rotatable bonds is 4. The van der Waals surface area contributed by atoms with E-state index in [-0.39, 0.29) is 11.8 Å². The molecule has 0 aliphatic carbocycles. The average molecular weight is 248 g/mol. The summed E-state index contributed by atoms with van der Waals surface area (Å²) >= 11 is 0. The van der Waals surface area contributed by atoms with Gasteiger partial charge in [0.2, 0.25) is 11.8 Å². The number of benzene rings is 1. The van der Waals surface area contributed by atoms with Crippen molar-refractivity contribution in [1.82, 2.24) is 0 Å². The highest BCUT2D eigenvalue weighted by molar-refractivity contribution is 5.95. The third-order valence-electron chi connectivity index (χ3n) is 2.51. The second kappa shape index (κ2) is 6.19. The molecular weight excluding hydrogens is 228 g/mol. The zero-order valence-electron chi connectivity index (χ0n) is 11.3. The maximum atomic E-state index is 11.7. The molecule has 0 heterocycles. The maximum absolute atomic E-state index is 11.7. The molecule has 18 heavy (non-hydrogen) atoms. The number of nitrogens with one attached hydrogen (secondary N) is 2. The number of carbonyl (C=O) groups excluding carboxylic acids is 2. The molecule has 0 saturated heterocycles. The Morgan fingerprint density at radius 2 is 1.72 bits per heavy atom. The Labute approximate surface area is 108 Å². The lowest BCUT2D eigenvalue weighted by atomic mass is 10.1. The maximum Gasteiger partial charge on any atom is 0.224 e. The Morgan fingerprint density at radius 1 is 1.17 bits per heavy atom.